The highest BCUT2D eigenvalue weighted by molar-refractivity contribution is 5.55. The van der Waals surface area contributed by atoms with Crippen molar-refractivity contribution in [1.82, 2.24) is 0 Å². The van der Waals surface area contributed by atoms with Gasteiger partial charge in [0.25, 0.3) is 0 Å². The lowest BCUT2D eigenvalue weighted by molar-refractivity contribution is 0.574. The molecular weight excluding hydrogens is 268 g/mol. The second kappa shape index (κ2) is 5.84. The van der Waals surface area contributed by atoms with Crippen LogP contribution in [0.3, 0.4) is 0 Å². The van der Waals surface area contributed by atoms with Crippen molar-refractivity contribution in [2.75, 3.05) is 5.32 Å². The number of benzene rings is 2. The molecule has 112 valence electrons. The second-order valence-corrected chi connectivity index (χ2v) is 6.33. The van der Waals surface area contributed by atoms with Gasteiger partial charge in [-0.25, -0.2) is 8.78 Å². The van der Waals surface area contributed by atoms with E-state index in [-0.39, 0.29) is 11.5 Å². The highest BCUT2D eigenvalue weighted by Crippen LogP contribution is 2.32. The minimum absolute atomic E-state index is 0.0240. The number of anilines is 1. The van der Waals surface area contributed by atoms with Crippen molar-refractivity contribution in [2.24, 2.45) is 0 Å². The molecule has 0 aromatic heterocycles. The topological polar surface area (TPSA) is 12.0 Å². The van der Waals surface area contributed by atoms with Gasteiger partial charge in [0.1, 0.15) is 11.6 Å². The van der Waals surface area contributed by atoms with Crippen molar-refractivity contribution in [3.8, 4) is 0 Å². The summed E-state index contributed by atoms with van der Waals surface area (Å²) in [5.74, 6) is -0.825. The highest BCUT2D eigenvalue weighted by Gasteiger charge is 2.19. The van der Waals surface area contributed by atoms with Gasteiger partial charge in [-0.1, -0.05) is 39.0 Å². The normalized spacial score (nSPS) is 13.0. The summed E-state index contributed by atoms with van der Waals surface area (Å²) in [6.45, 7) is 8.21. The molecule has 2 rings (SSSR count). The number of halogens is 2. The van der Waals surface area contributed by atoms with E-state index in [1.807, 2.05) is 25.1 Å². The van der Waals surface area contributed by atoms with E-state index >= 15 is 0 Å². The van der Waals surface area contributed by atoms with Crippen molar-refractivity contribution in [3.63, 3.8) is 0 Å². The fourth-order valence-electron chi connectivity index (χ4n) is 2.42. The lowest BCUT2D eigenvalue weighted by Gasteiger charge is -2.26. The van der Waals surface area contributed by atoms with E-state index in [0.717, 1.165) is 17.3 Å². The van der Waals surface area contributed by atoms with Crippen molar-refractivity contribution < 1.29 is 8.78 Å². The zero-order chi connectivity index (χ0) is 15.6. The van der Waals surface area contributed by atoms with Crippen molar-refractivity contribution in [2.45, 2.75) is 39.2 Å². The molecule has 0 radical (unpaired) electrons. The van der Waals surface area contributed by atoms with Crippen LogP contribution in [-0.4, -0.2) is 0 Å². The van der Waals surface area contributed by atoms with Gasteiger partial charge in [0, 0.05) is 11.3 Å². The van der Waals surface area contributed by atoms with Gasteiger partial charge >= 0.3 is 0 Å². The Hall–Kier alpha value is -1.90. The number of hydrogen-bond donors (Lipinski definition) is 1. The first-order valence-electron chi connectivity index (χ1n) is 7.10. The van der Waals surface area contributed by atoms with Crippen LogP contribution < -0.4 is 5.32 Å². The van der Waals surface area contributed by atoms with Gasteiger partial charge in [-0.05, 0) is 42.2 Å². The Labute approximate surface area is 125 Å². The third-order valence-corrected chi connectivity index (χ3v) is 3.53. The third kappa shape index (κ3) is 3.60. The van der Waals surface area contributed by atoms with Crippen LogP contribution in [0.15, 0.2) is 42.5 Å². The molecule has 0 fully saturated rings. The molecule has 3 heteroatoms. The van der Waals surface area contributed by atoms with E-state index in [4.69, 9.17) is 0 Å². The number of hydrogen-bond acceptors (Lipinski definition) is 1. The standard InChI is InChI=1S/C18H21F2N/c1-12(14-11-13(19)9-10-16(14)20)21-17-8-6-5-7-15(17)18(2,3)4/h5-12,21H,1-4H3. The lowest BCUT2D eigenvalue weighted by Crippen LogP contribution is -2.17. The maximum Gasteiger partial charge on any atom is 0.128 e. The molecule has 0 saturated heterocycles. The summed E-state index contributed by atoms with van der Waals surface area (Å²) in [5.41, 5.74) is 2.40. The molecule has 1 unspecified atom stereocenters. The van der Waals surface area contributed by atoms with Crippen LogP contribution in [0, 0.1) is 11.6 Å². The van der Waals surface area contributed by atoms with E-state index in [2.05, 4.69) is 32.2 Å². The predicted molar refractivity (Wildman–Crippen MR) is 83.5 cm³/mol. The Morgan fingerprint density at radius 3 is 2.33 bits per heavy atom. The van der Waals surface area contributed by atoms with E-state index in [1.165, 1.54) is 12.1 Å². The smallest absolute Gasteiger partial charge is 0.128 e. The molecule has 1 nitrogen and oxygen atoms in total. The molecule has 0 aliphatic heterocycles. The molecule has 2 aromatic carbocycles. The third-order valence-electron chi connectivity index (χ3n) is 3.53. The Kier molecular flexibility index (Phi) is 4.31. The predicted octanol–water partition coefficient (Wildman–Crippen LogP) is 5.44. The first-order valence-corrected chi connectivity index (χ1v) is 7.10. The molecule has 0 amide bonds. The number of nitrogens with one attached hydrogen (secondary N) is 1. The molecule has 1 N–H and O–H groups in total. The quantitative estimate of drug-likeness (QED) is 0.793. The lowest BCUT2D eigenvalue weighted by atomic mass is 9.85. The minimum atomic E-state index is -0.427. The first kappa shape index (κ1) is 15.5. The van der Waals surface area contributed by atoms with Crippen LogP contribution in [0.4, 0.5) is 14.5 Å². The SMILES string of the molecule is CC(Nc1ccccc1C(C)(C)C)c1cc(F)ccc1F. The summed E-state index contributed by atoms with van der Waals surface area (Å²) in [7, 11) is 0. The van der Waals surface area contributed by atoms with Gasteiger partial charge < -0.3 is 5.32 Å². The molecule has 0 bridgehead atoms. The van der Waals surface area contributed by atoms with E-state index in [0.29, 0.717) is 5.56 Å². The molecule has 21 heavy (non-hydrogen) atoms. The minimum Gasteiger partial charge on any atom is -0.378 e. The largest absolute Gasteiger partial charge is 0.378 e. The van der Waals surface area contributed by atoms with Crippen molar-refractivity contribution >= 4 is 5.69 Å². The molecule has 1 atom stereocenters. The van der Waals surface area contributed by atoms with Gasteiger partial charge in [-0.15, -0.1) is 0 Å². The molecule has 2 aromatic rings. The van der Waals surface area contributed by atoms with Gasteiger partial charge in [0.15, 0.2) is 0 Å². The fourth-order valence-corrected chi connectivity index (χ4v) is 2.42. The van der Waals surface area contributed by atoms with E-state index in [9.17, 15) is 8.78 Å². The first-order chi connectivity index (χ1) is 9.79. The Balaban J connectivity index is 2.32. The summed E-state index contributed by atoms with van der Waals surface area (Å²) < 4.78 is 27.2. The van der Waals surface area contributed by atoms with Gasteiger partial charge in [-0.2, -0.15) is 0 Å². The van der Waals surface area contributed by atoms with Crippen LogP contribution in [0.5, 0.6) is 0 Å². The van der Waals surface area contributed by atoms with E-state index < -0.39 is 11.6 Å². The van der Waals surface area contributed by atoms with Crippen LogP contribution in [0.1, 0.15) is 44.9 Å². The monoisotopic (exact) mass is 289 g/mol. The Morgan fingerprint density at radius 1 is 1.00 bits per heavy atom. The average Bonchev–Trinajstić information content (AvgIpc) is 2.41. The second-order valence-electron chi connectivity index (χ2n) is 6.33. The van der Waals surface area contributed by atoms with E-state index in [1.54, 1.807) is 0 Å². The molecule has 0 aliphatic carbocycles. The van der Waals surface area contributed by atoms with Crippen LogP contribution in [0.2, 0.25) is 0 Å². The van der Waals surface area contributed by atoms with Gasteiger partial charge in [0.2, 0.25) is 0 Å². The summed E-state index contributed by atoms with van der Waals surface area (Å²) in [6.07, 6.45) is 0. The zero-order valence-electron chi connectivity index (χ0n) is 12.9. The van der Waals surface area contributed by atoms with Crippen molar-refractivity contribution in [3.05, 3.63) is 65.2 Å². The van der Waals surface area contributed by atoms with Crippen LogP contribution >= 0.6 is 0 Å². The van der Waals surface area contributed by atoms with Crippen LogP contribution in [-0.2, 0) is 5.41 Å². The summed E-state index contributed by atoms with van der Waals surface area (Å²) >= 11 is 0. The zero-order valence-corrected chi connectivity index (χ0v) is 12.9. The maximum absolute atomic E-state index is 13.9. The summed E-state index contributed by atoms with van der Waals surface area (Å²) in [4.78, 5) is 0. The van der Waals surface area contributed by atoms with Gasteiger partial charge in [0.05, 0.1) is 6.04 Å². The molecular formula is C18H21F2N. The maximum atomic E-state index is 13.9. The summed E-state index contributed by atoms with van der Waals surface area (Å²) in [5, 5.41) is 3.29. The number of para-hydroxylation sites is 1. The Morgan fingerprint density at radius 2 is 1.67 bits per heavy atom. The van der Waals surface area contributed by atoms with Gasteiger partial charge in [-0.3, -0.25) is 0 Å². The van der Waals surface area contributed by atoms with Crippen LogP contribution in [0.25, 0.3) is 0 Å². The molecule has 0 heterocycles. The average molecular weight is 289 g/mol. The Bertz CT molecular complexity index is 629. The number of rotatable bonds is 3. The highest BCUT2D eigenvalue weighted by atomic mass is 19.1. The fraction of sp³-hybridized carbons (Fsp3) is 0.333. The summed E-state index contributed by atoms with van der Waals surface area (Å²) in [6, 6.07) is 11.2. The molecule has 0 saturated carbocycles. The molecule has 0 aliphatic rings. The molecule has 0 spiro atoms. The van der Waals surface area contributed by atoms with Crippen molar-refractivity contribution in [1.29, 1.82) is 0 Å².